The lowest BCUT2D eigenvalue weighted by molar-refractivity contribution is -0.140. The molecule has 0 aliphatic heterocycles. The van der Waals surface area contributed by atoms with Crippen molar-refractivity contribution in [2.45, 2.75) is 31.9 Å². The molecule has 0 N–H and O–H groups in total. The van der Waals surface area contributed by atoms with Gasteiger partial charge in [0.1, 0.15) is 29.8 Å². The number of benzene rings is 4. The van der Waals surface area contributed by atoms with Crippen molar-refractivity contribution in [2.24, 2.45) is 0 Å². The van der Waals surface area contributed by atoms with Gasteiger partial charge < -0.3 is 4.74 Å². The van der Waals surface area contributed by atoms with Crippen LogP contribution in [0, 0.1) is 17.5 Å². The van der Waals surface area contributed by atoms with Crippen LogP contribution in [0.15, 0.2) is 79.4 Å². The summed E-state index contributed by atoms with van der Waals surface area (Å²) in [5.74, 6) is -1.68. The molecule has 0 fully saturated rings. The molecule has 0 bridgehead atoms. The van der Waals surface area contributed by atoms with Gasteiger partial charge in [-0.15, -0.1) is 0 Å². The fraction of sp³-hybridized carbons (Fsp3) is 0.200. The second kappa shape index (κ2) is 11.1. The van der Waals surface area contributed by atoms with Gasteiger partial charge in [-0.2, -0.15) is 13.2 Å². The average molecular weight is 515 g/mol. The third-order valence-electron chi connectivity index (χ3n) is 6.20. The van der Waals surface area contributed by atoms with Gasteiger partial charge in [0.15, 0.2) is 0 Å². The third kappa shape index (κ3) is 6.34. The second-order valence-corrected chi connectivity index (χ2v) is 8.76. The van der Waals surface area contributed by atoms with Gasteiger partial charge >= 0.3 is 6.18 Å². The molecule has 0 aliphatic rings. The van der Waals surface area contributed by atoms with Gasteiger partial charge in [-0.1, -0.05) is 55.1 Å². The Morgan fingerprint density at radius 1 is 0.703 bits per heavy atom. The molecule has 7 heteroatoms. The lowest BCUT2D eigenvalue weighted by Gasteiger charge is -2.11. The summed E-state index contributed by atoms with van der Waals surface area (Å²) in [6.07, 6.45) is -1.76. The van der Waals surface area contributed by atoms with E-state index in [0.717, 1.165) is 11.6 Å². The van der Waals surface area contributed by atoms with Crippen molar-refractivity contribution >= 4 is 10.8 Å². The van der Waals surface area contributed by atoms with Crippen molar-refractivity contribution in [2.75, 3.05) is 6.61 Å². The van der Waals surface area contributed by atoms with Gasteiger partial charge in [0.25, 0.3) is 0 Å². The standard InChI is InChI=1S/C30H24F6O/c1-2-15-37-24-12-11-21(27(31)18-24)7-3-19-5-13-25-23(16-19)10-9-22(29(25)33)8-4-20-6-14-26(28(32)17-20)30(34,35)36/h2,5-6,9-14,16-18H,1,3-4,7-8,15H2. The number of ether oxygens (including phenoxy) is 1. The molecule has 4 aromatic rings. The smallest absolute Gasteiger partial charge is 0.419 e. The molecule has 4 rings (SSSR count). The summed E-state index contributed by atoms with van der Waals surface area (Å²) >= 11 is 0. The van der Waals surface area contributed by atoms with E-state index in [1.54, 1.807) is 42.5 Å². The molecule has 0 unspecified atom stereocenters. The maximum absolute atomic E-state index is 15.1. The second-order valence-electron chi connectivity index (χ2n) is 8.76. The van der Waals surface area contributed by atoms with E-state index in [0.29, 0.717) is 58.7 Å². The maximum atomic E-state index is 15.1. The Hall–Kier alpha value is -3.74. The molecule has 0 radical (unpaired) electrons. The van der Waals surface area contributed by atoms with Crippen LogP contribution in [0.2, 0.25) is 0 Å². The Balaban J connectivity index is 1.43. The molecule has 192 valence electrons. The quantitative estimate of drug-likeness (QED) is 0.161. The molecule has 37 heavy (non-hydrogen) atoms. The van der Waals surface area contributed by atoms with Crippen molar-refractivity contribution in [3.05, 3.63) is 125 Å². The van der Waals surface area contributed by atoms with Crippen molar-refractivity contribution in [1.29, 1.82) is 0 Å². The SMILES string of the molecule is C=CCOc1ccc(CCc2ccc3c(F)c(CCc4ccc(C(F)(F)F)c(F)c4)ccc3c2)c(F)c1. The van der Waals surface area contributed by atoms with Crippen LogP contribution in [0.25, 0.3) is 10.8 Å². The topological polar surface area (TPSA) is 9.23 Å². The van der Waals surface area contributed by atoms with Crippen LogP contribution in [-0.2, 0) is 31.9 Å². The third-order valence-corrected chi connectivity index (χ3v) is 6.20. The molecule has 0 amide bonds. The van der Waals surface area contributed by atoms with E-state index in [9.17, 15) is 22.0 Å². The van der Waals surface area contributed by atoms with E-state index >= 15 is 4.39 Å². The Morgan fingerprint density at radius 3 is 2.05 bits per heavy atom. The van der Waals surface area contributed by atoms with E-state index in [1.165, 1.54) is 12.1 Å². The molecule has 4 aromatic carbocycles. The highest BCUT2D eigenvalue weighted by Gasteiger charge is 2.33. The van der Waals surface area contributed by atoms with E-state index in [1.807, 2.05) is 6.07 Å². The highest BCUT2D eigenvalue weighted by molar-refractivity contribution is 5.84. The Bertz CT molecular complexity index is 1420. The molecule has 0 heterocycles. The number of halogens is 6. The van der Waals surface area contributed by atoms with Crippen molar-refractivity contribution < 1.29 is 31.1 Å². The zero-order valence-electron chi connectivity index (χ0n) is 19.8. The largest absolute Gasteiger partial charge is 0.489 e. The molecule has 0 atom stereocenters. The van der Waals surface area contributed by atoms with Crippen molar-refractivity contribution in [1.82, 2.24) is 0 Å². The summed E-state index contributed by atoms with van der Waals surface area (Å²) < 4.78 is 87.0. The lowest BCUT2D eigenvalue weighted by atomic mass is 9.97. The van der Waals surface area contributed by atoms with E-state index < -0.39 is 23.4 Å². The first-order valence-corrected chi connectivity index (χ1v) is 11.7. The summed E-state index contributed by atoms with van der Waals surface area (Å²) in [4.78, 5) is 0. The number of fused-ring (bicyclic) bond motifs is 1. The molecule has 0 saturated carbocycles. The molecule has 1 nitrogen and oxygen atoms in total. The molecule has 0 aliphatic carbocycles. The first-order chi connectivity index (χ1) is 17.7. The number of hydrogen-bond acceptors (Lipinski definition) is 1. The molecular weight excluding hydrogens is 490 g/mol. The summed E-state index contributed by atoms with van der Waals surface area (Å²) in [6, 6.07) is 16.2. The summed E-state index contributed by atoms with van der Waals surface area (Å²) in [7, 11) is 0. The number of rotatable bonds is 9. The van der Waals surface area contributed by atoms with Gasteiger partial charge in [0.05, 0.1) is 5.56 Å². The Morgan fingerprint density at radius 2 is 1.38 bits per heavy atom. The van der Waals surface area contributed by atoms with E-state index in [4.69, 9.17) is 4.74 Å². The van der Waals surface area contributed by atoms with Crippen LogP contribution in [-0.4, -0.2) is 6.61 Å². The summed E-state index contributed by atoms with van der Waals surface area (Å²) in [6.45, 7) is 3.85. The number of alkyl halides is 3. The molecule has 0 spiro atoms. The minimum Gasteiger partial charge on any atom is -0.489 e. The minimum absolute atomic E-state index is 0.193. The van der Waals surface area contributed by atoms with Crippen LogP contribution in [0.4, 0.5) is 26.3 Å². The Kier molecular flexibility index (Phi) is 7.91. The van der Waals surface area contributed by atoms with Crippen molar-refractivity contribution in [3.63, 3.8) is 0 Å². The van der Waals surface area contributed by atoms with Crippen LogP contribution in [0.5, 0.6) is 5.75 Å². The van der Waals surface area contributed by atoms with Gasteiger partial charge in [0.2, 0.25) is 0 Å². The van der Waals surface area contributed by atoms with E-state index in [2.05, 4.69) is 6.58 Å². The highest BCUT2D eigenvalue weighted by Crippen LogP contribution is 2.32. The fourth-order valence-electron chi connectivity index (χ4n) is 4.21. The Labute approximate surface area is 211 Å². The molecule has 0 saturated heterocycles. The predicted molar refractivity (Wildman–Crippen MR) is 132 cm³/mol. The predicted octanol–water partition coefficient (Wildman–Crippen LogP) is 8.41. The first-order valence-electron chi connectivity index (χ1n) is 11.7. The maximum Gasteiger partial charge on any atom is 0.419 e. The minimum atomic E-state index is -4.76. The molecular formula is C30H24F6O. The zero-order chi connectivity index (χ0) is 26.6. The number of aryl methyl sites for hydroxylation is 4. The van der Waals surface area contributed by atoms with Crippen LogP contribution in [0.1, 0.15) is 27.8 Å². The summed E-state index contributed by atoms with van der Waals surface area (Å²) in [5, 5.41) is 1.10. The summed E-state index contributed by atoms with van der Waals surface area (Å²) in [5.41, 5.74) is 0.897. The zero-order valence-corrected chi connectivity index (χ0v) is 19.8. The van der Waals surface area contributed by atoms with Gasteiger partial charge in [-0.25, -0.2) is 13.2 Å². The van der Waals surface area contributed by atoms with Crippen LogP contribution in [0.3, 0.4) is 0 Å². The lowest BCUT2D eigenvalue weighted by Crippen LogP contribution is -2.08. The van der Waals surface area contributed by atoms with E-state index in [-0.39, 0.29) is 18.7 Å². The normalized spacial score (nSPS) is 11.6. The van der Waals surface area contributed by atoms with Crippen LogP contribution < -0.4 is 4.74 Å². The average Bonchev–Trinajstić information content (AvgIpc) is 2.85. The highest BCUT2D eigenvalue weighted by atomic mass is 19.4. The number of hydrogen-bond donors (Lipinski definition) is 0. The van der Waals surface area contributed by atoms with Crippen LogP contribution >= 0.6 is 0 Å². The van der Waals surface area contributed by atoms with Gasteiger partial charge in [-0.3, -0.25) is 0 Å². The molecule has 0 aromatic heterocycles. The first kappa shape index (κ1) is 26.3. The fourth-order valence-corrected chi connectivity index (χ4v) is 4.21. The van der Waals surface area contributed by atoms with Gasteiger partial charge in [0, 0.05) is 11.5 Å². The van der Waals surface area contributed by atoms with Crippen molar-refractivity contribution in [3.8, 4) is 5.75 Å². The monoisotopic (exact) mass is 514 g/mol. The van der Waals surface area contributed by atoms with Gasteiger partial charge in [-0.05, 0) is 71.5 Å².